The molecular formula is C17H19N5. The van der Waals surface area contributed by atoms with Gasteiger partial charge in [0, 0.05) is 12.0 Å². The molecule has 2 heterocycles. The van der Waals surface area contributed by atoms with E-state index >= 15 is 0 Å². The Labute approximate surface area is 129 Å². The number of rotatable bonds is 4. The quantitative estimate of drug-likeness (QED) is 0.776. The molecule has 22 heavy (non-hydrogen) atoms. The highest BCUT2D eigenvalue weighted by atomic mass is 15.3. The Morgan fingerprint density at radius 2 is 2.05 bits per heavy atom. The van der Waals surface area contributed by atoms with Gasteiger partial charge in [-0.1, -0.05) is 30.3 Å². The fourth-order valence-corrected chi connectivity index (χ4v) is 3.00. The van der Waals surface area contributed by atoms with Gasteiger partial charge in [-0.15, -0.1) is 5.10 Å². The SMILES string of the molecule is Cc1cc2nc(N)nn2cc1NCC1(c2ccccc2)CC1. The summed E-state index contributed by atoms with van der Waals surface area (Å²) in [6.07, 6.45) is 4.44. The molecule has 0 aliphatic heterocycles. The fraction of sp³-hybridized carbons (Fsp3) is 0.294. The molecule has 1 aliphatic carbocycles. The molecule has 4 rings (SSSR count). The fourth-order valence-electron chi connectivity index (χ4n) is 3.00. The highest BCUT2D eigenvalue weighted by Gasteiger charge is 2.43. The average molecular weight is 293 g/mol. The van der Waals surface area contributed by atoms with E-state index in [1.54, 1.807) is 4.52 Å². The van der Waals surface area contributed by atoms with E-state index in [-0.39, 0.29) is 5.41 Å². The van der Waals surface area contributed by atoms with Gasteiger partial charge in [0.15, 0.2) is 5.65 Å². The summed E-state index contributed by atoms with van der Waals surface area (Å²) in [5, 5.41) is 7.76. The first-order chi connectivity index (χ1) is 10.7. The van der Waals surface area contributed by atoms with Crippen LogP contribution in [0.5, 0.6) is 0 Å². The van der Waals surface area contributed by atoms with Gasteiger partial charge in [-0.25, -0.2) is 4.52 Å². The molecule has 1 saturated carbocycles. The van der Waals surface area contributed by atoms with Gasteiger partial charge >= 0.3 is 0 Å². The minimum Gasteiger partial charge on any atom is -0.383 e. The number of anilines is 2. The number of nitrogens with two attached hydrogens (primary N) is 1. The molecule has 0 radical (unpaired) electrons. The summed E-state index contributed by atoms with van der Waals surface area (Å²) in [6, 6.07) is 12.8. The summed E-state index contributed by atoms with van der Waals surface area (Å²) in [6.45, 7) is 3.02. The average Bonchev–Trinajstić information content (AvgIpc) is 3.23. The summed E-state index contributed by atoms with van der Waals surface area (Å²) < 4.78 is 1.73. The molecule has 0 saturated heterocycles. The van der Waals surface area contributed by atoms with Crippen molar-refractivity contribution < 1.29 is 0 Å². The van der Waals surface area contributed by atoms with Gasteiger partial charge in [0.25, 0.3) is 0 Å². The maximum absolute atomic E-state index is 5.66. The van der Waals surface area contributed by atoms with Crippen molar-refractivity contribution in [3.63, 3.8) is 0 Å². The number of nitrogens with zero attached hydrogens (tertiary/aromatic N) is 3. The van der Waals surface area contributed by atoms with Crippen molar-refractivity contribution in [2.24, 2.45) is 0 Å². The lowest BCUT2D eigenvalue weighted by molar-refractivity contribution is 0.731. The summed E-state index contributed by atoms with van der Waals surface area (Å²) in [5.41, 5.74) is 10.4. The number of nitrogens with one attached hydrogen (secondary N) is 1. The maximum Gasteiger partial charge on any atom is 0.240 e. The minimum atomic E-state index is 0.282. The molecular weight excluding hydrogens is 274 g/mol. The second-order valence-electron chi connectivity index (χ2n) is 6.14. The van der Waals surface area contributed by atoms with Gasteiger partial charge in [-0.2, -0.15) is 4.98 Å². The predicted octanol–water partition coefficient (Wildman–Crippen LogP) is 2.76. The van der Waals surface area contributed by atoms with Crippen molar-refractivity contribution in [2.45, 2.75) is 25.2 Å². The Balaban J connectivity index is 1.58. The van der Waals surface area contributed by atoms with E-state index < -0.39 is 0 Å². The van der Waals surface area contributed by atoms with Crippen molar-refractivity contribution in [1.29, 1.82) is 0 Å². The Kier molecular flexibility index (Phi) is 2.82. The second-order valence-corrected chi connectivity index (χ2v) is 6.14. The van der Waals surface area contributed by atoms with Gasteiger partial charge in [0.2, 0.25) is 5.95 Å². The Morgan fingerprint density at radius 1 is 1.27 bits per heavy atom. The number of benzene rings is 1. The van der Waals surface area contributed by atoms with Crippen LogP contribution < -0.4 is 11.1 Å². The normalized spacial score (nSPS) is 15.9. The summed E-state index contributed by atoms with van der Waals surface area (Å²) in [5.74, 6) is 0.305. The van der Waals surface area contributed by atoms with Crippen molar-refractivity contribution in [2.75, 3.05) is 17.6 Å². The van der Waals surface area contributed by atoms with Gasteiger partial charge in [0.05, 0.1) is 11.9 Å². The highest BCUT2D eigenvalue weighted by Crippen LogP contribution is 2.48. The van der Waals surface area contributed by atoms with E-state index in [0.29, 0.717) is 5.95 Å². The molecule has 1 aromatic carbocycles. The number of pyridine rings is 1. The van der Waals surface area contributed by atoms with Crippen LogP contribution in [0.1, 0.15) is 24.0 Å². The van der Waals surface area contributed by atoms with Crippen LogP contribution in [-0.2, 0) is 5.41 Å². The van der Waals surface area contributed by atoms with Gasteiger partial charge in [-0.05, 0) is 37.0 Å². The number of aromatic nitrogens is 3. The number of hydrogen-bond donors (Lipinski definition) is 2. The highest BCUT2D eigenvalue weighted by molar-refractivity contribution is 5.57. The number of nitrogen functional groups attached to an aromatic ring is 1. The smallest absolute Gasteiger partial charge is 0.240 e. The summed E-state index contributed by atoms with van der Waals surface area (Å²) in [7, 11) is 0. The molecule has 3 aromatic rings. The third-order valence-electron chi connectivity index (χ3n) is 4.55. The predicted molar refractivity (Wildman–Crippen MR) is 88.0 cm³/mol. The molecule has 1 fully saturated rings. The summed E-state index contributed by atoms with van der Waals surface area (Å²) in [4.78, 5) is 4.19. The Hall–Kier alpha value is -2.56. The van der Waals surface area contributed by atoms with E-state index in [0.717, 1.165) is 23.4 Å². The third kappa shape index (κ3) is 2.19. The van der Waals surface area contributed by atoms with Gasteiger partial charge in [0.1, 0.15) is 0 Å². The second kappa shape index (κ2) is 4.73. The first-order valence-electron chi connectivity index (χ1n) is 7.58. The first-order valence-corrected chi connectivity index (χ1v) is 7.58. The lowest BCUT2D eigenvalue weighted by Crippen LogP contribution is -2.20. The van der Waals surface area contributed by atoms with Crippen LogP contribution in [0.25, 0.3) is 5.65 Å². The monoisotopic (exact) mass is 293 g/mol. The van der Waals surface area contributed by atoms with Crippen molar-refractivity contribution in [1.82, 2.24) is 14.6 Å². The van der Waals surface area contributed by atoms with E-state index in [1.165, 1.54) is 18.4 Å². The lowest BCUT2D eigenvalue weighted by Gasteiger charge is -2.18. The van der Waals surface area contributed by atoms with Crippen LogP contribution in [0.3, 0.4) is 0 Å². The number of aryl methyl sites for hydroxylation is 1. The zero-order chi connectivity index (χ0) is 15.2. The van der Waals surface area contributed by atoms with Gasteiger partial charge < -0.3 is 11.1 Å². The standard InChI is InChI=1S/C17H19N5/c1-12-9-15-20-16(18)21-22(15)10-14(12)19-11-17(7-8-17)13-5-3-2-4-6-13/h2-6,9-10,19H,7-8,11H2,1H3,(H2,18,21). The van der Waals surface area contributed by atoms with E-state index in [4.69, 9.17) is 5.73 Å². The zero-order valence-electron chi connectivity index (χ0n) is 12.6. The van der Waals surface area contributed by atoms with Crippen LogP contribution in [0.2, 0.25) is 0 Å². The molecule has 0 unspecified atom stereocenters. The number of hydrogen-bond acceptors (Lipinski definition) is 4. The van der Waals surface area contributed by atoms with Crippen LogP contribution in [0, 0.1) is 6.92 Å². The molecule has 0 atom stereocenters. The van der Waals surface area contributed by atoms with Crippen molar-refractivity contribution in [3.8, 4) is 0 Å². The minimum absolute atomic E-state index is 0.282. The van der Waals surface area contributed by atoms with E-state index in [9.17, 15) is 0 Å². The zero-order valence-corrected chi connectivity index (χ0v) is 12.6. The van der Waals surface area contributed by atoms with Crippen LogP contribution in [-0.4, -0.2) is 21.1 Å². The third-order valence-corrected chi connectivity index (χ3v) is 4.55. The Morgan fingerprint density at radius 3 is 2.77 bits per heavy atom. The molecule has 0 spiro atoms. The van der Waals surface area contributed by atoms with E-state index in [2.05, 4.69) is 52.7 Å². The molecule has 5 nitrogen and oxygen atoms in total. The van der Waals surface area contributed by atoms with Crippen molar-refractivity contribution >= 4 is 17.3 Å². The molecule has 112 valence electrons. The summed E-state index contributed by atoms with van der Waals surface area (Å²) >= 11 is 0. The molecule has 2 aromatic heterocycles. The molecule has 0 amide bonds. The molecule has 0 bridgehead atoms. The largest absolute Gasteiger partial charge is 0.383 e. The molecule has 5 heteroatoms. The molecule has 1 aliphatic rings. The topological polar surface area (TPSA) is 68.2 Å². The number of fused-ring (bicyclic) bond motifs is 1. The molecule has 3 N–H and O–H groups in total. The van der Waals surface area contributed by atoms with Crippen molar-refractivity contribution in [3.05, 3.63) is 53.7 Å². The van der Waals surface area contributed by atoms with Gasteiger partial charge in [-0.3, -0.25) is 0 Å². The van der Waals surface area contributed by atoms with Crippen LogP contribution in [0.15, 0.2) is 42.6 Å². The first kappa shape index (κ1) is 13.1. The van der Waals surface area contributed by atoms with Crippen LogP contribution >= 0.6 is 0 Å². The van der Waals surface area contributed by atoms with Crippen LogP contribution in [0.4, 0.5) is 11.6 Å². The van der Waals surface area contributed by atoms with E-state index in [1.807, 2.05) is 12.3 Å². The maximum atomic E-state index is 5.66. The lowest BCUT2D eigenvalue weighted by atomic mass is 9.96. The Bertz CT molecular complexity index is 818.